The van der Waals surface area contributed by atoms with Gasteiger partial charge in [-0.2, -0.15) is 12.1 Å². The van der Waals surface area contributed by atoms with Crippen LogP contribution in [0.5, 0.6) is 0 Å². The normalized spacial score (nSPS) is 11.2. The van der Waals surface area contributed by atoms with Gasteiger partial charge in [-0.25, -0.2) is 0 Å². The van der Waals surface area contributed by atoms with Crippen LogP contribution in [0.15, 0.2) is 97.1 Å². The second kappa shape index (κ2) is 20.1. The van der Waals surface area contributed by atoms with E-state index in [9.17, 15) is 0 Å². The third-order valence-electron chi connectivity index (χ3n) is 9.17. The maximum absolute atomic E-state index is 4.93. The quantitative estimate of drug-likeness (QED) is 0.111. The van der Waals surface area contributed by atoms with E-state index in [-0.39, 0.29) is 0 Å². The van der Waals surface area contributed by atoms with Crippen molar-refractivity contribution in [1.82, 2.24) is 0 Å². The zero-order valence-corrected chi connectivity index (χ0v) is 40.1. The molecule has 0 saturated carbocycles. The van der Waals surface area contributed by atoms with Gasteiger partial charge in [-0.3, -0.25) is 0 Å². The monoisotopic (exact) mass is 842 g/mol. The third kappa shape index (κ3) is 12.7. The molecule has 0 amide bonds. The van der Waals surface area contributed by atoms with E-state index in [1.54, 1.807) is 0 Å². The molecular weight excluding hydrogens is 787 g/mol. The molecule has 0 unspecified atom stereocenters. The molecular formula is C45H58Cl2Si3Zr. The molecule has 0 aliphatic rings. The van der Waals surface area contributed by atoms with Crippen molar-refractivity contribution in [1.29, 1.82) is 0 Å². The number of halogens is 2. The van der Waals surface area contributed by atoms with Gasteiger partial charge in [-0.1, -0.05) is 172 Å². The van der Waals surface area contributed by atoms with Crippen LogP contribution in [0.4, 0.5) is 0 Å². The maximum atomic E-state index is 4.93. The summed E-state index contributed by atoms with van der Waals surface area (Å²) in [7, 11) is 8.62. The van der Waals surface area contributed by atoms with E-state index < -0.39 is 37.0 Å². The molecule has 51 heavy (non-hydrogen) atoms. The van der Waals surface area contributed by atoms with Crippen molar-refractivity contribution in [3.8, 4) is 22.3 Å². The van der Waals surface area contributed by atoms with Crippen LogP contribution < -0.4 is 10.4 Å². The van der Waals surface area contributed by atoms with Gasteiger partial charge >= 0.3 is 37.9 Å². The summed E-state index contributed by atoms with van der Waals surface area (Å²) >= 11 is -0.826. The summed E-state index contributed by atoms with van der Waals surface area (Å²) in [6.45, 7) is 27.6. The van der Waals surface area contributed by atoms with Crippen molar-refractivity contribution in [2.75, 3.05) is 0 Å². The number of aryl methyl sites for hydroxylation is 4. The first-order valence-electron chi connectivity index (χ1n) is 18.3. The summed E-state index contributed by atoms with van der Waals surface area (Å²) in [4.78, 5) is 0. The van der Waals surface area contributed by atoms with E-state index in [2.05, 4.69) is 178 Å². The van der Waals surface area contributed by atoms with Gasteiger partial charge in [0.1, 0.15) is 0 Å². The summed E-state index contributed by atoms with van der Waals surface area (Å²) in [6.07, 6.45) is 1.10. The molecule has 0 bridgehead atoms. The molecule has 0 saturated heterocycles. The summed E-state index contributed by atoms with van der Waals surface area (Å²) in [5.41, 5.74) is 10.8. The van der Waals surface area contributed by atoms with E-state index in [1.165, 1.54) is 98.0 Å². The predicted molar refractivity (Wildman–Crippen MR) is 238 cm³/mol. The fourth-order valence-corrected chi connectivity index (χ4v) is 9.22. The Morgan fingerprint density at radius 1 is 0.569 bits per heavy atom. The van der Waals surface area contributed by atoms with E-state index >= 15 is 0 Å². The number of fused-ring (bicyclic) bond motifs is 2. The van der Waals surface area contributed by atoms with Gasteiger partial charge in [0, 0.05) is 9.52 Å². The molecule has 0 N–H and O–H groups in total. The fourth-order valence-electron chi connectivity index (χ4n) is 6.39. The number of rotatable bonds is 7. The molecule has 0 nitrogen and oxygen atoms in total. The van der Waals surface area contributed by atoms with Crippen LogP contribution >= 0.6 is 17.0 Å². The van der Waals surface area contributed by atoms with Crippen LogP contribution in [0.2, 0.25) is 51.4 Å². The molecule has 6 aromatic rings. The second-order valence-corrected chi connectivity index (χ2v) is 31.4. The molecule has 0 spiro atoms. The van der Waals surface area contributed by atoms with Gasteiger partial charge in [-0.05, 0) is 31.4 Å². The van der Waals surface area contributed by atoms with Gasteiger partial charge in [-0.15, -0.1) is 56.9 Å². The number of hydrogen-bond acceptors (Lipinski definition) is 0. The van der Waals surface area contributed by atoms with Crippen molar-refractivity contribution in [3.63, 3.8) is 0 Å². The predicted octanol–water partition coefficient (Wildman–Crippen LogP) is 14.0. The van der Waals surface area contributed by atoms with Crippen molar-refractivity contribution in [2.45, 2.75) is 99.3 Å². The average Bonchev–Trinajstić information content (AvgIpc) is 3.67. The summed E-state index contributed by atoms with van der Waals surface area (Å²) in [5.74, 6) is 0. The van der Waals surface area contributed by atoms with Crippen LogP contribution in [0, 0.1) is 20.8 Å². The molecule has 0 fully saturated rings. The Bertz CT molecular complexity index is 1950. The molecule has 0 atom stereocenters. The third-order valence-corrected chi connectivity index (χ3v) is 14.3. The molecule has 0 aliphatic heterocycles. The summed E-state index contributed by atoms with van der Waals surface area (Å²) in [5, 5.41) is 8.55. The van der Waals surface area contributed by atoms with E-state index in [4.69, 9.17) is 17.0 Å². The molecule has 6 rings (SSSR count). The Hall–Kier alpha value is -1.79. The molecule has 0 aliphatic carbocycles. The second-order valence-electron chi connectivity index (χ2n) is 15.6. The van der Waals surface area contributed by atoms with Crippen molar-refractivity contribution < 1.29 is 20.8 Å². The van der Waals surface area contributed by atoms with Crippen molar-refractivity contribution in [2.24, 2.45) is 0 Å². The first-order valence-corrected chi connectivity index (χ1v) is 33.1. The van der Waals surface area contributed by atoms with Gasteiger partial charge < -0.3 is 0 Å². The van der Waals surface area contributed by atoms with E-state index in [1.807, 2.05) is 0 Å². The average molecular weight is 845 g/mol. The van der Waals surface area contributed by atoms with Gasteiger partial charge in [0.15, 0.2) is 0 Å². The van der Waals surface area contributed by atoms with Gasteiger partial charge in [0.25, 0.3) is 0 Å². The number of hydrogen-bond donors (Lipinski definition) is 0. The van der Waals surface area contributed by atoms with Crippen molar-refractivity contribution in [3.05, 3.63) is 119 Å². The molecule has 268 valence electrons. The van der Waals surface area contributed by atoms with Gasteiger partial charge in [0.05, 0.1) is 16.1 Å². The van der Waals surface area contributed by atoms with Crippen LogP contribution in [-0.4, -0.2) is 25.7 Å². The summed E-state index contributed by atoms with van der Waals surface area (Å²) < 4.78 is 0. The summed E-state index contributed by atoms with van der Waals surface area (Å²) in [6, 6.07) is 39.8. The molecule has 0 aromatic heterocycles. The van der Waals surface area contributed by atoms with Crippen LogP contribution in [-0.2, 0) is 27.3 Å². The SMILES string of the molecule is CC[Si]CC.CCc1cc2c(-c3ccc([Si](C)(C)C)cc3)cc(C)cc2[cH-]1.Cc1cc(-c2ccc([Si](C)(C)C)cc2)c2cc(C)[cH-]c2c1.[Cl][Zr+2][Cl]. The number of benzene rings is 4. The Balaban J connectivity index is 0.000000228. The molecule has 6 heteroatoms. The Morgan fingerprint density at radius 2 is 0.961 bits per heavy atom. The van der Waals surface area contributed by atoms with Crippen LogP contribution in [0.25, 0.3) is 43.8 Å². The van der Waals surface area contributed by atoms with Gasteiger partial charge in [0.2, 0.25) is 0 Å². The first-order chi connectivity index (χ1) is 24.1. The minimum absolute atomic E-state index is 0.826. The van der Waals surface area contributed by atoms with E-state index in [0.717, 1.165) is 6.42 Å². The first kappa shape index (κ1) is 43.6. The minimum atomic E-state index is -1.22. The molecule has 0 heterocycles. The Labute approximate surface area is 333 Å². The Kier molecular flexibility index (Phi) is 17.1. The zero-order valence-electron chi connectivity index (χ0n) is 33.1. The van der Waals surface area contributed by atoms with Crippen LogP contribution in [0.3, 0.4) is 0 Å². The fraction of sp³-hybridized carbons (Fsp3) is 0.333. The molecule has 2 radical (unpaired) electrons. The van der Waals surface area contributed by atoms with E-state index in [0.29, 0.717) is 0 Å². The topological polar surface area (TPSA) is 0 Å². The van der Waals surface area contributed by atoms with Crippen LogP contribution in [0.1, 0.15) is 43.0 Å². The van der Waals surface area contributed by atoms with Crippen molar-refractivity contribution >= 4 is 74.6 Å². The Morgan fingerprint density at radius 3 is 1.31 bits per heavy atom. The molecule has 6 aromatic carbocycles. The standard InChI is InChI=1S/C21H25Si.C20H23Si.C4H10Si.2ClH.Zr/c1-6-16-13-18-11-15(2)12-20(21(18)14-16)17-7-9-19(10-8-17)22(3,4)5;1-14-10-17-11-15(2)13-20(17)19(12-14)16-6-8-18(9-7-16)21(3,4)5;1-3-5-4-2;;;/h7-14H,6H2,1-5H3;6-13H,1-5H3;3-4H2,1-2H3;2*1H;/q2*-1;;;;+4/p-2. The zero-order chi connectivity index (χ0) is 37.9.